The molecule has 2 aliphatic heterocycles. The van der Waals surface area contributed by atoms with Crippen LogP contribution in [0.25, 0.3) is 0 Å². The fraction of sp³-hybridized carbons (Fsp3) is 1.00. The Labute approximate surface area is 214 Å². The molecule has 0 N–H and O–H groups in total. The number of epoxide rings is 2. The Morgan fingerprint density at radius 2 is 0.824 bits per heavy atom. The Morgan fingerprint density at radius 1 is 0.529 bits per heavy atom. The minimum atomic E-state index is -1.63. The van der Waals surface area contributed by atoms with Crippen molar-refractivity contribution in [3.8, 4) is 0 Å². The van der Waals surface area contributed by atoms with E-state index < -0.39 is 33.3 Å². The van der Waals surface area contributed by atoms with Crippen LogP contribution in [0.1, 0.15) is 25.7 Å². The topological polar surface area (TPSA) is 62.0 Å². The first-order valence-electron chi connectivity index (χ1n) is 13.6. The van der Waals surface area contributed by atoms with Crippen LogP contribution < -0.4 is 0 Å². The van der Waals surface area contributed by atoms with Crippen molar-refractivity contribution in [3.63, 3.8) is 0 Å². The van der Waals surface area contributed by atoms with Crippen LogP contribution in [0, 0.1) is 0 Å². The average molecular weight is 551 g/mol. The van der Waals surface area contributed by atoms with Gasteiger partial charge >= 0.3 is 0 Å². The van der Waals surface area contributed by atoms with Crippen molar-refractivity contribution < 1.29 is 27.2 Å². The van der Waals surface area contributed by atoms with Crippen molar-refractivity contribution in [2.75, 3.05) is 39.6 Å². The molecule has 202 valence electrons. The molecule has 2 atom stereocenters. The normalized spacial score (nSPS) is 21.2. The quantitative estimate of drug-likeness (QED) is 0.0959. The maximum atomic E-state index is 6.83. The van der Waals surface area contributed by atoms with Gasteiger partial charge in [-0.3, -0.25) is 0 Å². The van der Waals surface area contributed by atoms with E-state index in [1.54, 1.807) is 0 Å². The number of hydrogen-bond donors (Lipinski definition) is 0. The summed E-state index contributed by atoms with van der Waals surface area (Å²) in [7, 11) is -6.51. The summed E-state index contributed by atoms with van der Waals surface area (Å²) in [6.07, 6.45) is 5.49. The molecule has 0 aliphatic carbocycles. The van der Waals surface area contributed by atoms with Gasteiger partial charge in [-0.25, -0.2) is 0 Å². The summed E-state index contributed by atoms with van der Waals surface area (Å²) < 4.78 is 35.5. The van der Waals surface area contributed by atoms with Crippen molar-refractivity contribution >= 4 is 33.3 Å². The average Bonchev–Trinajstić information content (AvgIpc) is 3.58. The van der Waals surface area contributed by atoms with Gasteiger partial charge in [0.25, 0.3) is 0 Å². The molecule has 10 heteroatoms. The van der Waals surface area contributed by atoms with Crippen molar-refractivity contribution in [2.45, 2.75) is 114 Å². The van der Waals surface area contributed by atoms with Gasteiger partial charge in [0.15, 0.2) is 33.3 Å². The SMILES string of the molecule is C[Si](C)(CCCC[Si](C)(C)O[Si](C)(C)CCCOCC1CO1)O[Si](C)(C)CCCOCC1CO1. The number of hydrogen-bond acceptors (Lipinski definition) is 6. The first kappa shape index (κ1) is 30.8. The molecule has 34 heavy (non-hydrogen) atoms. The van der Waals surface area contributed by atoms with Crippen LogP contribution in [-0.2, 0) is 27.2 Å². The van der Waals surface area contributed by atoms with E-state index in [1.807, 2.05) is 0 Å². The Bertz CT molecular complexity index is 530. The molecule has 0 aromatic heterocycles. The maximum Gasteiger partial charge on any atom is 0.173 e. The zero-order chi connectivity index (χ0) is 25.3. The maximum absolute atomic E-state index is 6.83. The zero-order valence-corrected chi connectivity index (χ0v) is 27.5. The van der Waals surface area contributed by atoms with Gasteiger partial charge in [0, 0.05) is 13.2 Å². The van der Waals surface area contributed by atoms with Gasteiger partial charge in [-0.2, -0.15) is 0 Å². The molecular formula is C24H54O6Si4. The van der Waals surface area contributed by atoms with Crippen molar-refractivity contribution in [3.05, 3.63) is 0 Å². The highest BCUT2D eigenvalue weighted by Gasteiger charge is 2.34. The Balaban J connectivity index is 1.56. The smallest absolute Gasteiger partial charge is 0.173 e. The molecule has 2 fully saturated rings. The summed E-state index contributed by atoms with van der Waals surface area (Å²) in [6.45, 7) is 24.1. The number of ether oxygens (including phenoxy) is 4. The molecule has 2 heterocycles. The molecular weight excluding hydrogens is 497 g/mol. The highest BCUT2D eigenvalue weighted by molar-refractivity contribution is 6.85. The largest absolute Gasteiger partial charge is 0.455 e. The molecule has 0 radical (unpaired) electrons. The van der Waals surface area contributed by atoms with Crippen LogP contribution in [0.15, 0.2) is 0 Å². The summed E-state index contributed by atoms with van der Waals surface area (Å²) in [5.41, 5.74) is 0. The molecule has 6 nitrogen and oxygen atoms in total. The first-order chi connectivity index (χ1) is 15.8. The molecule has 0 spiro atoms. The van der Waals surface area contributed by atoms with Crippen LogP contribution in [0.5, 0.6) is 0 Å². The van der Waals surface area contributed by atoms with Gasteiger partial charge in [-0.15, -0.1) is 0 Å². The standard InChI is InChI=1S/C24H54O6Si4/c1-31(2,29-33(5,6)17-11-13-25-19-23-21-27-23)15-9-10-16-32(3,4)30-34(7,8)18-12-14-26-20-24-22-28-24/h23-24H,9-22H2,1-8H3. The summed E-state index contributed by atoms with van der Waals surface area (Å²) in [4.78, 5) is 0. The van der Waals surface area contributed by atoms with Gasteiger partial charge in [0.05, 0.1) is 26.4 Å². The van der Waals surface area contributed by atoms with Crippen molar-refractivity contribution in [1.82, 2.24) is 0 Å². The van der Waals surface area contributed by atoms with E-state index >= 15 is 0 Å². The van der Waals surface area contributed by atoms with Gasteiger partial charge in [0.1, 0.15) is 12.2 Å². The second-order valence-corrected chi connectivity index (χ2v) is 30.4. The predicted molar refractivity (Wildman–Crippen MR) is 151 cm³/mol. The van der Waals surface area contributed by atoms with Gasteiger partial charge in [0.2, 0.25) is 0 Å². The third-order valence-electron chi connectivity index (χ3n) is 6.46. The van der Waals surface area contributed by atoms with Crippen LogP contribution in [-0.4, -0.2) is 85.1 Å². The van der Waals surface area contributed by atoms with Gasteiger partial charge in [-0.05, 0) is 89.4 Å². The number of rotatable bonds is 21. The van der Waals surface area contributed by atoms with E-state index in [4.69, 9.17) is 27.2 Å². The molecule has 2 unspecified atom stereocenters. The van der Waals surface area contributed by atoms with Gasteiger partial charge < -0.3 is 27.2 Å². The Hall–Kier alpha value is 0.628. The van der Waals surface area contributed by atoms with E-state index in [0.29, 0.717) is 12.2 Å². The van der Waals surface area contributed by atoms with Crippen LogP contribution in [0.2, 0.25) is 76.6 Å². The summed E-state index contributed by atoms with van der Waals surface area (Å²) in [5.74, 6) is 0. The Morgan fingerprint density at radius 3 is 1.12 bits per heavy atom. The predicted octanol–water partition coefficient (Wildman–Crippen LogP) is 6.23. The molecule has 2 rings (SSSR count). The second-order valence-electron chi connectivity index (χ2n) is 12.7. The van der Waals surface area contributed by atoms with Gasteiger partial charge in [-0.1, -0.05) is 12.8 Å². The van der Waals surface area contributed by atoms with E-state index in [1.165, 1.54) is 37.0 Å². The first-order valence-corrected chi connectivity index (χ1v) is 26.0. The minimum absolute atomic E-state index is 0.367. The highest BCUT2D eigenvalue weighted by atomic mass is 28.4. The summed E-state index contributed by atoms with van der Waals surface area (Å²) >= 11 is 0. The lowest BCUT2D eigenvalue weighted by molar-refractivity contribution is 0.116. The second kappa shape index (κ2) is 14.0. The minimum Gasteiger partial charge on any atom is -0.455 e. The highest BCUT2D eigenvalue weighted by Crippen LogP contribution is 2.28. The van der Waals surface area contributed by atoms with E-state index in [2.05, 4.69) is 52.4 Å². The molecule has 2 aliphatic rings. The molecule has 2 saturated heterocycles. The molecule has 0 bridgehead atoms. The fourth-order valence-corrected chi connectivity index (χ4v) is 22.6. The zero-order valence-electron chi connectivity index (χ0n) is 23.5. The molecule has 0 saturated carbocycles. The lowest BCUT2D eigenvalue weighted by Crippen LogP contribution is -2.45. The van der Waals surface area contributed by atoms with Crippen LogP contribution >= 0.6 is 0 Å². The monoisotopic (exact) mass is 550 g/mol. The van der Waals surface area contributed by atoms with Crippen molar-refractivity contribution in [1.29, 1.82) is 0 Å². The third-order valence-corrected chi connectivity index (χ3v) is 21.5. The summed E-state index contributed by atoms with van der Waals surface area (Å²) in [5, 5.41) is 0. The number of unbranched alkanes of at least 4 members (excludes halogenated alkanes) is 1. The van der Waals surface area contributed by atoms with Crippen LogP contribution in [0.3, 0.4) is 0 Å². The molecule has 0 aromatic carbocycles. The van der Waals surface area contributed by atoms with E-state index in [9.17, 15) is 0 Å². The Kier molecular flexibility index (Phi) is 12.7. The van der Waals surface area contributed by atoms with E-state index in [-0.39, 0.29) is 0 Å². The fourth-order valence-electron chi connectivity index (χ4n) is 4.76. The molecule has 0 amide bonds. The molecule has 0 aromatic rings. The van der Waals surface area contributed by atoms with E-state index in [0.717, 1.165) is 52.5 Å². The lowest BCUT2D eigenvalue weighted by Gasteiger charge is -2.35. The lowest BCUT2D eigenvalue weighted by atomic mass is 10.4. The summed E-state index contributed by atoms with van der Waals surface area (Å²) in [6, 6.07) is 4.88. The van der Waals surface area contributed by atoms with Crippen molar-refractivity contribution in [2.24, 2.45) is 0 Å². The third kappa shape index (κ3) is 15.7. The van der Waals surface area contributed by atoms with Crippen LogP contribution in [0.4, 0.5) is 0 Å².